The third-order valence-corrected chi connectivity index (χ3v) is 14.7. The second kappa shape index (κ2) is 38.2. The number of hydrogen-bond acceptors (Lipinski definition) is 10. The molecule has 3 atom stereocenters. The molecular formula is C63H100O10. The van der Waals surface area contributed by atoms with Gasteiger partial charge >= 0.3 is 17.9 Å². The lowest BCUT2D eigenvalue weighted by molar-refractivity contribution is -0.142. The standard InChI is InChI=1S/C63H100O10/c1-7-13-19-25-28-34-40-48(37-31-22-16-10-4)61(67)70-52-46-53(64)57-56(47-52)71-60(59(66)58(57)65)51-43-44-54(72-62(68)49(38-32-23-17-11-5)41-35-29-26-20-14-8-2)55(45-51)73-63(69)50(39-33-24-18-12-6)42-36-30-27-21-15-9-3/h43-50,64,66H,7-42H2,1-6H3. The normalized spacial score (nSPS) is 12.7. The Labute approximate surface area is 441 Å². The lowest BCUT2D eigenvalue weighted by Crippen LogP contribution is -2.23. The lowest BCUT2D eigenvalue weighted by Gasteiger charge is -2.20. The Balaban J connectivity index is 2.06. The quantitative estimate of drug-likeness (QED) is 0.0319. The van der Waals surface area contributed by atoms with Gasteiger partial charge in [-0.05, 0) is 56.7 Å². The van der Waals surface area contributed by atoms with Crippen LogP contribution in [-0.2, 0) is 14.4 Å². The molecule has 0 radical (unpaired) electrons. The van der Waals surface area contributed by atoms with Gasteiger partial charge in [-0.15, -0.1) is 0 Å². The third kappa shape index (κ3) is 23.8. The molecule has 412 valence electrons. The van der Waals surface area contributed by atoms with E-state index in [4.69, 9.17) is 18.6 Å². The Kier molecular flexibility index (Phi) is 33.0. The van der Waals surface area contributed by atoms with Crippen molar-refractivity contribution in [1.29, 1.82) is 0 Å². The van der Waals surface area contributed by atoms with Gasteiger partial charge in [0.25, 0.3) is 0 Å². The van der Waals surface area contributed by atoms with Crippen molar-refractivity contribution in [3.05, 3.63) is 40.6 Å². The summed E-state index contributed by atoms with van der Waals surface area (Å²) in [5.74, 6) is -3.59. The Hall–Kier alpha value is -4.34. The number of phenols is 1. The highest BCUT2D eigenvalue weighted by atomic mass is 16.6. The van der Waals surface area contributed by atoms with Crippen LogP contribution < -0.4 is 19.6 Å². The van der Waals surface area contributed by atoms with Crippen LogP contribution in [0.1, 0.15) is 273 Å². The highest BCUT2D eigenvalue weighted by molar-refractivity contribution is 5.89. The summed E-state index contributed by atoms with van der Waals surface area (Å²) in [5, 5.41) is 22.4. The zero-order chi connectivity index (χ0) is 53.1. The molecule has 3 rings (SSSR count). The van der Waals surface area contributed by atoms with Gasteiger partial charge in [-0.3, -0.25) is 19.2 Å². The number of phenolic OH excluding ortho intramolecular Hbond substituents is 1. The van der Waals surface area contributed by atoms with E-state index < -0.39 is 28.9 Å². The molecule has 0 saturated heterocycles. The minimum absolute atomic E-state index is 0.00957. The van der Waals surface area contributed by atoms with Gasteiger partial charge in [0.05, 0.1) is 17.8 Å². The highest BCUT2D eigenvalue weighted by Gasteiger charge is 2.28. The zero-order valence-corrected chi connectivity index (χ0v) is 46.7. The Bertz CT molecular complexity index is 2050. The molecule has 3 aromatic rings. The first kappa shape index (κ1) is 63.0. The molecule has 0 fully saturated rings. The van der Waals surface area contributed by atoms with E-state index >= 15 is 0 Å². The molecule has 2 aromatic carbocycles. The Morgan fingerprint density at radius 1 is 0.438 bits per heavy atom. The molecule has 1 heterocycles. The maximum atomic E-state index is 14.4. The van der Waals surface area contributed by atoms with Crippen molar-refractivity contribution < 1.29 is 43.2 Å². The fraction of sp³-hybridized carbons (Fsp3) is 0.714. The van der Waals surface area contributed by atoms with Gasteiger partial charge in [0.1, 0.15) is 22.5 Å². The van der Waals surface area contributed by atoms with Crippen LogP contribution >= 0.6 is 0 Å². The molecule has 0 aliphatic rings. The maximum Gasteiger partial charge on any atom is 0.314 e. The molecular weight excluding hydrogens is 917 g/mol. The van der Waals surface area contributed by atoms with E-state index in [0.29, 0.717) is 38.5 Å². The topological polar surface area (TPSA) is 150 Å². The van der Waals surface area contributed by atoms with Crippen molar-refractivity contribution in [3.8, 4) is 40.1 Å². The summed E-state index contributed by atoms with van der Waals surface area (Å²) in [6.07, 6.45) is 36.4. The fourth-order valence-corrected chi connectivity index (χ4v) is 10.0. The zero-order valence-electron chi connectivity index (χ0n) is 46.7. The molecule has 0 aliphatic carbocycles. The largest absolute Gasteiger partial charge is 0.507 e. The highest BCUT2D eigenvalue weighted by Crippen LogP contribution is 2.40. The molecule has 0 bridgehead atoms. The minimum atomic E-state index is -0.885. The second-order valence-corrected chi connectivity index (χ2v) is 21.2. The van der Waals surface area contributed by atoms with Crippen LogP contribution in [0.25, 0.3) is 22.3 Å². The van der Waals surface area contributed by atoms with Crippen molar-refractivity contribution in [1.82, 2.24) is 0 Å². The van der Waals surface area contributed by atoms with Gasteiger partial charge in [0.2, 0.25) is 11.2 Å². The van der Waals surface area contributed by atoms with E-state index in [0.717, 1.165) is 141 Å². The first-order valence-corrected chi connectivity index (χ1v) is 29.8. The number of carbonyl (C=O) groups excluding carboxylic acids is 3. The number of hydrogen-bond donors (Lipinski definition) is 2. The molecule has 1 aromatic heterocycles. The Morgan fingerprint density at radius 2 is 0.781 bits per heavy atom. The summed E-state index contributed by atoms with van der Waals surface area (Å²) in [6, 6.07) is 7.17. The number of esters is 3. The number of unbranched alkanes of at least 4 members (excludes halogenated alkanes) is 24. The van der Waals surface area contributed by atoms with E-state index in [1.807, 2.05) is 0 Å². The first-order valence-electron chi connectivity index (χ1n) is 29.8. The van der Waals surface area contributed by atoms with E-state index in [9.17, 15) is 29.4 Å². The number of ether oxygens (including phenoxy) is 3. The summed E-state index contributed by atoms with van der Waals surface area (Å²) >= 11 is 0. The smallest absolute Gasteiger partial charge is 0.314 e. The minimum Gasteiger partial charge on any atom is -0.507 e. The average molecular weight is 1020 g/mol. The van der Waals surface area contributed by atoms with Crippen molar-refractivity contribution in [3.63, 3.8) is 0 Å². The fourth-order valence-electron chi connectivity index (χ4n) is 10.0. The van der Waals surface area contributed by atoms with Crippen LogP contribution in [0.5, 0.6) is 28.7 Å². The number of aromatic hydroxyl groups is 2. The Morgan fingerprint density at radius 3 is 1.18 bits per heavy atom. The third-order valence-electron chi connectivity index (χ3n) is 14.7. The van der Waals surface area contributed by atoms with Gasteiger partial charge in [-0.25, -0.2) is 0 Å². The first-order chi connectivity index (χ1) is 35.5. The molecule has 0 spiro atoms. The maximum absolute atomic E-state index is 14.4. The van der Waals surface area contributed by atoms with Crippen molar-refractivity contribution >= 4 is 28.9 Å². The van der Waals surface area contributed by atoms with Crippen LogP contribution in [0.2, 0.25) is 0 Å². The summed E-state index contributed by atoms with van der Waals surface area (Å²) in [7, 11) is 0. The number of benzene rings is 2. The summed E-state index contributed by atoms with van der Waals surface area (Å²) in [5.41, 5.74) is -0.799. The predicted octanol–water partition coefficient (Wildman–Crippen LogP) is 18.6. The molecule has 10 nitrogen and oxygen atoms in total. The summed E-state index contributed by atoms with van der Waals surface area (Å²) in [4.78, 5) is 56.3. The molecule has 0 aliphatic heterocycles. The van der Waals surface area contributed by atoms with Crippen molar-refractivity contribution in [2.24, 2.45) is 17.8 Å². The van der Waals surface area contributed by atoms with Crippen molar-refractivity contribution in [2.75, 3.05) is 0 Å². The van der Waals surface area contributed by atoms with Crippen LogP contribution in [-0.4, -0.2) is 28.1 Å². The number of fused-ring (bicyclic) bond motifs is 1. The van der Waals surface area contributed by atoms with E-state index in [1.54, 1.807) is 6.07 Å². The molecule has 0 amide bonds. The molecule has 73 heavy (non-hydrogen) atoms. The summed E-state index contributed by atoms with van der Waals surface area (Å²) < 4.78 is 24.7. The van der Waals surface area contributed by atoms with E-state index in [2.05, 4.69) is 41.5 Å². The van der Waals surface area contributed by atoms with E-state index in [1.165, 1.54) is 75.6 Å². The average Bonchev–Trinajstić information content (AvgIpc) is 3.37. The lowest BCUT2D eigenvalue weighted by atomic mass is 9.94. The van der Waals surface area contributed by atoms with Gasteiger partial charge in [-0.1, -0.05) is 234 Å². The monoisotopic (exact) mass is 1020 g/mol. The van der Waals surface area contributed by atoms with Crippen LogP contribution in [0.4, 0.5) is 0 Å². The molecule has 10 heteroatoms. The number of carbonyl (C=O) groups is 3. The van der Waals surface area contributed by atoms with Gasteiger partial charge in [-0.2, -0.15) is 0 Å². The SMILES string of the molecule is CCCCCCCCC(CCCCCC)C(=O)Oc1cc(O)c2c(=O)c(O)c(-c3ccc(OC(=O)C(CCCCCC)CCCCCCCC)c(OC(=O)C(CCCCCC)CCCCCCCC)c3)oc2c1. The van der Waals surface area contributed by atoms with Crippen molar-refractivity contribution in [2.45, 2.75) is 273 Å². The van der Waals surface area contributed by atoms with Gasteiger partial charge < -0.3 is 28.8 Å². The second-order valence-electron chi connectivity index (χ2n) is 21.2. The molecule has 3 unspecified atom stereocenters. The molecule has 2 N–H and O–H groups in total. The van der Waals surface area contributed by atoms with Crippen LogP contribution in [0.15, 0.2) is 39.5 Å². The number of rotatable bonds is 43. The summed E-state index contributed by atoms with van der Waals surface area (Å²) in [6.45, 7) is 13.1. The van der Waals surface area contributed by atoms with Gasteiger partial charge in [0.15, 0.2) is 17.3 Å². The van der Waals surface area contributed by atoms with Crippen LogP contribution in [0, 0.1) is 17.8 Å². The van der Waals surface area contributed by atoms with Gasteiger partial charge in [0, 0.05) is 17.7 Å². The predicted molar refractivity (Wildman–Crippen MR) is 299 cm³/mol. The molecule has 0 saturated carbocycles. The van der Waals surface area contributed by atoms with Crippen LogP contribution in [0.3, 0.4) is 0 Å². The van der Waals surface area contributed by atoms with E-state index in [-0.39, 0.29) is 63.3 Å².